The molecule has 1 aromatic carbocycles. The molecule has 0 bridgehead atoms. The monoisotopic (exact) mass is 418 g/mol. The minimum atomic E-state index is -0.217. The summed E-state index contributed by atoms with van der Waals surface area (Å²) in [5.41, 5.74) is 7.35. The van der Waals surface area contributed by atoms with E-state index in [0.717, 1.165) is 2.88 Å². The molecule has 7 heteroatoms. The van der Waals surface area contributed by atoms with Crippen molar-refractivity contribution in [2.24, 2.45) is 5.73 Å². The van der Waals surface area contributed by atoms with Crippen LogP contribution in [0.5, 0.6) is 5.75 Å². The Morgan fingerprint density at radius 1 is 1.50 bits per heavy atom. The molecule has 3 N–H and O–H groups in total. The lowest BCUT2D eigenvalue weighted by Crippen LogP contribution is -2.18. The molecule has 1 aromatic heterocycles. The molecule has 1 heterocycles. The zero-order valence-electron chi connectivity index (χ0n) is 10.5. The number of ether oxygens (including phenoxy) is 1. The van der Waals surface area contributed by atoms with Crippen LogP contribution in [-0.2, 0) is 0 Å². The lowest BCUT2D eigenvalue weighted by molar-refractivity contribution is 0.102. The lowest BCUT2D eigenvalue weighted by Gasteiger charge is -2.13. The third kappa shape index (κ3) is 3.28. The number of carbonyl (C=O) groups is 1. The highest BCUT2D eigenvalue weighted by molar-refractivity contribution is 14.1. The Morgan fingerprint density at radius 3 is 2.80 bits per heavy atom. The van der Waals surface area contributed by atoms with Crippen LogP contribution in [0.2, 0.25) is 0 Å². The highest BCUT2D eigenvalue weighted by Crippen LogP contribution is 2.29. The molecule has 0 spiro atoms. The van der Waals surface area contributed by atoms with E-state index in [1.807, 2.05) is 6.07 Å². The average Bonchev–Trinajstić information content (AvgIpc) is 2.85. The Balaban J connectivity index is 2.37. The number of carbonyl (C=O) groups excluding carboxylic acids is 1. The molecule has 0 radical (unpaired) electrons. The molecule has 1 amide bonds. The molecule has 0 saturated carbocycles. The van der Waals surface area contributed by atoms with Crippen LogP contribution in [0.25, 0.3) is 0 Å². The van der Waals surface area contributed by atoms with Gasteiger partial charge in [-0.15, -0.1) is 11.3 Å². The number of hydrogen-bond acceptors (Lipinski definition) is 4. The summed E-state index contributed by atoms with van der Waals surface area (Å²) >= 11 is 8.68. The molecule has 0 atom stereocenters. The maximum absolute atomic E-state index is 12.2. The van der Waals surface area contributed by atoms with Crippen LogP contribution in [0.3, 0.4) is 0 Å². The first-order valence-electron chi connectivity index (χ1n) is 5.55. The van der Waals surface area contributed by atoms with E-state index < -0.39 is 0 Å². The predicted molar refractivity (Wildman–Crippen MR) is 93.9 cm³/mol. The summed E-state index contributed by atoms with van der Waals surface area (Å²) in [6, 6.07) is 7.08. The number of anilines is 1. The second-order valence-electron chi connectivity index (χ2n) is 3.84. The molecule has 4 nitrogen and oxygen atoms in total. The number of benzene rings is 1. The number of methoxy groups -OCH3 is 1. The minimum Gasteiger partial charge on any atom is -0.495 e. The molecule has 0 aliphatic rings. The Hall–Kier alpha value is -1.19. The van der Waals surface area contributed by atoms with E-state index in [9.17, 15) is 4.79 Å². The van der Waals surface area contributed by atoms with Crippen LogP contribution in [0.1, 0.15) is 15.9 Å². The van der Waals surface area contributed by atoms with Crippen molar-refractivity contribution in [2.45, 2.75) is 0 Å². The number of para-hydroxylation sites is 1. The number of nitrogens with one attached hydrogen (secondary N) is 1. The van der Waals surface area contributed by atoms with Crippen LogP contribution in [0.15, 0.2) is 29.6 Å². The van der Waals surface area contributed by atoms with E-state index in [1.165, 1.54) is 18.4 Å². The quantitative estimate of drug-likeness (QED) is 0.591. The summed E-state index contributed by atoms with van der Waals surface area (Å²) in [6.07, 6.45) is 0. The number of amides is 1. The Bertz CT molecular complexity index is 670. The number of nitrogens with two attached hydrogens (primary N) is 1. The van der Waals surface area contributed by atoms with E-state index in [1.54, 1.807) is 23.6 Å². The normalized spacial score (nSPS) is 10.1. The molecule has 0 aliphatic heterocycles. The van der Waals surface area contributed by atoms with Crippen molar-refractivity contribution < 1.29 is 9.53 Å². The summed E-state index contributed by atoms with van der Waals surface area (Å²) in [4.78, 5) is 12.4. The fraction of sp³-hybridized carbons (Fsp3) is 0.0769. The van der Waals surface area contributed by atoms with Gasteiger partial charge in [-0.25, -0.2) is 0 Å². The van der Waals surface area contributed by atoms with Crippen molar-refractivity contribution in [3.63, 3.8) is 0 Å². The van der Waals surface area contributed by atoms with E-state index >= 15 is 0 Å². The minimum absolute atomic E-state index is 0.207. The van der Waals surface area contributed by atoms with Gasteiger partial charge in [-0.2, -0.15) is 0 Å². The molecule has 2 rings (SSSR count). The van der Waals surface area contributed by atoms with Gasteiger partial charge in [0.1, 0.15) is 10.7 Å². The first-order valence-corrected chi connectivity index (χ1v) is 7.91. The molecule has 0 aliphatic carbocycles. The fourth-order valence-corrected chi connectivity index (χ4v) is 3.15. The summed E-state index contributed by atoms with van der Waals surface area (Å²) in [5.74, 6) is 0.305. The third-order valence-electron chi connectivity index (χ3n) is 2.58. The molecule has 104 valence electrons. The van der Waals surface area contributed by atoms with Crippen molar-refractivity contribution >= 4 is 62.7 Å². The molecular formula is C13H11IN2O2S2. The van der Waals surface area contributed by atoms with Gasteiger partial charge >= 0.3 is 0 Å². The van der Waals surface area contributed by atoms with Gasteiger partial charge < -0.3 is 15.8 Å². The van der Waals surface area contributed by atoms with Crippen LogP contribution in [0.4, 0.5) is 5.69 Å². The lowest BCUT2D eigenvalue weighted by atomic mass is 10.1. The largest absolute Gasteiger partial charge is 0.495 e. The first-order chi connectivity index (χ1) is 9.52. The molecule has 20 heavy (non-hydrogen) atoms. The Morgan fingerprint density at radius 2 is 2.25 bits per heavy atom. The van der Waals surface area contributed by atoms with Crippen molar-refractivity contribution in [1.82, 2.24) is 0 Å². The maximum Gasteiger partial charge on any atom is 0.256 e. The van der Waals surface area contributed by atoms with Crippen molar-refractivity contribution in [3.8, 4) is 5.75 Å². The Kier molecular flexibility index (Phi) is 4.95. The zero-order valence-corrected chi connectivity index (χ0v) is 14.3. The van der Waals surface area contributed by atoms with Gasteiger partial charge in [0.15, 0.2) is 0 Å². The summed E-state index contributed by atoms with van der Waals surface area (Å²) in [5, 5.41) is 4.61. The molecule has 0 fully saturated rings. The van der Waals surface area contributed by atoms with E-state index in [4.69, 9.17) is 22.7 Å². The summed E-state index contributed by atoms with van der Waals surface area (Å²) < 4.78 is 6.29. The van der Waals surface area contributed by atoms with Gasteiger partial charge in [0.2, 0.25) is 0 Å². The van der Waals surface area contributed by atoms with Gasteiger partial charge in [-0.05, 0) is 40.8 Å². The van der Waals surface area contributed by atoms with Crippen molar-refractivity contribution in [3.05, 3.63) is 43.7 Å². The zero-order chi connectivity index (χ0) is 14.7. The van der Waals surface area contributed by atoms with Gasteiger partial charge in [-0.1, -0.05) is 18.3 Å². The number of rotatable bonds is 4. The molecule has 2 aromatic rings. The van der Waals surface area contributed by atoms with Crippen molar-refractivity contribution in [2.75, 3.05) is 12.4 Å². The van der Waals surface area contributed by atoms with Gasteiger partial charge in [-0.3, -0.25) is 4.79 Å². The first kappa shape index (κ1) is 15.2. The van der Waals surface area contributed by atoms with E-state index in [-0.39, 0.29) is 10.9 Å². The number of halogens is 1. The van der Waals surface area contributed by atoms with Gasteiger partial charge in [0.25, 0.3) is 5.91 Å². The summed E-state index contributed by atoms with van der Waals surface area (Å²) in [6.45, 7) is 0. The number of thiophene rings is 1. The van der Waals surface area contributed by atoms with Crippen LogP contribution < -0.4 is 15.8 Å². The standard InChI is InChI=1S/C13H11IN2O2S2/c1-18-9-4-2-3-8(12(15)19)11(9)16-13(17)7-5-10(14)20-6-7/h2-6H,1H3,(H2,15,19)(H,16,17). The van der Waals surface area contributed by atoms with Crippen molar-refractivity contribution in [1.29, 1.82) is 0 Å². The van der Waals surface area contributed by atoms with Gasteiger partial charge in [0.05, 0.1) is 21.2 Å². The summed E-state index contributed by atoms with van der Waals surface area (Å²) in [7, 11) is 1.53. The highest BCUT2D eigenvalue weighted by atomic mass is 127. The van der Waals surface area contributed by atoms with Crippen LogP contribution in [-0.4, -0.2) is 18.0 Å². The number of hydrogen-bond donors (Lipinski definition) is 2. The SMILES string of the molecule is COc1cccc(C(N)=S)c1NC(=O)c1csc(I)c1. The third-order valence-corrected chi connectivity index (χ3v) is 4.59. The second-order valence-corrected chi connectivity index (χ2v) is 7.09. The highest BCUT2D eigenvalue weighted by Gasteiger charge is 2.15. The second kappa shape index (κ2) is 6.51. The fourth-order valence-electron chi connectivity index (χ4n) is 1.65. The maximum atomic E-state index is 12.2. The van der Waals surface area contributed by atoms with Gasteiger partial charge in [0, 0.05) is 10.9 Å². The molecule has 0 unspecified atom stereocenters. The smallest absolute Gasteiger partial charge is 0.256 e. The average molecular weight is 418 g/mol. The number of thiocarbonyl (C=S) groups is 1. The van der Waals surface area contributed by atoms with E-state index in [0.29, 0.717) is 22.6 Å². The molecule has 0 saturated heterocycles. The van der Waals surface area contributed by atoms with Crippen LogP contribution in [0, 0.1) is 2.88 Å². The van der Waals surface area contributed by atoms with Crippen LogP contribution >= 0.6 is 46.1 Å². The molecular weight excluding hydrogens is 407 g/mol. The predicted octanol–water partition coefficient (Wildman–Crippen LogP) is 3.25. The Labute approximate surface area is 139 Å². The van der Waals surface area contributed by atoms with E-state index in [2.05, 4.69) is 27.9 Å². The topological polar surface area (TPSA) is 64.3 Å².